The number of anilines is 1. The summed E-state index contributed by atoms with van der Waals surface area (Å²) in [5.74, 6) is 0. The third-order valence-electron chi connectivity index (χ3n) is 4.52. The van der Waals surface area contributed by atoms with Crippen LogP contribution >= 0.6 is 0 Å². The van der Waals surface area contributed by atoms with Gasteiger partial charge in [-0.15, -0.1) is 0 Å². The summed E-state index contributed by atoms with van der Waals surface area (Å²) in [5.41, 5.74) is 1.72. The molecule has 0 unspecified atom stereocenters. The standard InChI is InChI=1S/C19H28N4O2/c1-19(2)14-23(11-12-25-19)18(24)20-16-5-6-17-15(13-16)7-8-22(17)10-9-21(3)4/h5-8,13H,9-12,14H2,1-4H3,(H,20,24). The van der Waals surface area contributed by atoms with Crippen molar-refractivity contribution >= 4 is 22.6 Å². The molecule has 6 heteroatoms. The van der Waals surface area contributed by atoms with E-state index >= 15 is 0 Å². The smallest absolute Gasteiger partial charge is 0.322 e. The van der Waals surface area contributed by atoms with Gasteiger partial charge in [0, 0.05) is 42.4 Å². The van der Waals surface area contributed by atoms with Crippen LogP contribution in [0.1, 0.15) is 13.8 Å². The number of hydrogen-bond acceptors (Lipinski definition) is 3. The first-order valence-electron chi connectivity index (χ1n) is 8.78. The fraction of sp³-hybridized carbons (Fsp3) is 0.526. The van der Waals surface area contributed by atoms with Crippen LogP contribution in [0.5, 0.6) is 0 Å². The van der Waals surface area contributed by atoms with Crippen LogP contribution in [0.3, 0.4) is 0 Å². The van der Waals surface area contributed by atoms with Crippen LogP contribution < -0.4 is 5.32 Å². The molecular formula is C19H28N4O2. The Hall–Kier alpha value is -2.05. The SMILES string of the molecule is CN(C)CCn1ccc2cc(NC(=O)N3CCOC(C)(C)C3)ccc21. The highest BCUT2D eigenvalue weighted by Gasteiger charge is 2.29. The molecule has 3 rings (SSSR count). The molecule has 0 bridgehead atoms. The first kappa shape index (κ1) is 17.8. The lowest BCUT2D eigenvalue weighted by Crippen LogP contribution is -2.51. The van der Waals surface area contributed by atoms with Gasteiger partial charge in [0.05, 0.1) is 18.8 Å². The number of fused-ring (bicyclic) bond motifs is 1. The van der Waals surface area contributed by atoms with Crippen molar-refractivity contribution in [3.05, 3.63) is 30.5 Å². The minimum absolute atomic E-state index is 0.0669. The van der Waals surface area contributed by atoms with E-state index in [9.17, 15) is 4.79 Å². The number of urea groups is 1. The maximum atomic E-state index is 12.5. The van der Waals surface area contributed by atoms with Gasteiger partial charge in [-0.1, -0.05) is 0 Å². The number of morpholine rings is 1. The Morgan fingerprint density at radius 3 is 2.84 bits per heavy atom. The number of rotatable bonds is 4. The molecule has 0 saturated carbocycles. The van der Waals surface area contributed by atoms with Crippen molar-refractivity contribution in [1.82, 2.24) is 14.4 Å². The van der Waals surface area contributed by atoms with Crippen LogP contribution in [-0.2, 0) is 11.3 Å². The number of aromatic nitrogens is 1. The molecule has 0 spiro atoms. The summed E-state index contributed by atoms with van der Waals surface area (Å²) >= 11 is 0. The van der Waals surface area contributed by atoms with Crippen molar-refractivity contribution in [2.75, 3.05) is 45.7 Å². The number of amides is 2. The Balaban J connectivity index is 1.69. The third-order valence-corrected chi connectivity index (χ3v) is 4.52. The number of likely N-dealkylation sites (N-methyl/N-ethyl adjacent to an activating group) is 1. The molecule has 1 fully saturated rings. The van der Waals surface area contributed by atoms with Crippen molar-refractivity contribution in [2.45, 2.75) is 26.0 Å². The van der Waals surface area contributed by atoms with Gasteiger partial charge in [0.2, 0.25) is 0 Å². The van der Waals surface area contributed by atoms with Crippen molar-refractivity contribution in [1.29, 1.82) is 0 Å². The highest BCUT2D eigenvalue weighted by Crippen LogP contribution is 2.22. The number of hydrogen-bond donors (Lipinski definition) is 1. The number of carbonyl (C=O) groups excluding carboxylic acids is 1. The predicted molar refractivity (Wildman–Crippen MR) is 101 cm³/mol. The maximum absolute atomic E-state index is 12.5. The van der Waals surface area contributed by atoms with Crippen LogP contribution in [0, 0.1) is 0 Å². The average molecular weight is 344 g/mol. The molecule has 0 radical (unpaired) electrons. The molecule has 1 saturated heterocycles. The van der Waals surface area contributed by atoms with Gasteiger partial charge in [0.1, 0.15) is 0 Å². The van der Waals surface area contributed by atoms with Crippen LogP contribution in [0.2, 0.25) is 0 Å². The number of ether oxygens (including phenoxy) is 1. The minimum Gasteiger partial charge on any atom is -0.372 e. The molecule has 2 aromatic rings. The molecule has 136 valence electrons. The Morgan fingerprint density at radius 1 is 1.32 bits per heavy atom. The molecule has 1 N–H and O–H groups in total. The monoisotopic (exact) mass is 344 g/mol. The number of nitrogens with one attached hydrogen (secondary N) is 1. The molecule has 1 aromatic heterocycles. The van der Waals surface area contributed by atoms with Crippen molar-refractivity contribution < 1.29 is 9.53 Å². The van der Waals surface area contributed by atoms with E-state index in [1.807, 2.05) is 30.9 Å². The summed E-state index contributed by atoms with van der Waals surface area (Å²) in [6.07, 6.45) is 2.10. The summed E-state index contributed by atoms with van der Waals surface area (Å²) in [5, 5.41) is 4.15. The highest BCUT2D eigenvalue weighted by molar-refractivity contribution is 5.93. The van der Waals surface area contributed by atoms with Gasteiger partial charge in [0.15, 0.2) is 0 Å². The molecule has 1 aliphatic rings. The zero-order chi connectivity index (χ0) is 18.0. The van der Waals surface area contributed by atoms with Crippen LogP contribution in [-0.4, -0.2) is 66.3 Å². The Bertz CT molecular complexity index is 751. The molecule has 6 nitrogen and oxygen atoms in total. The van der Waals surface area contributed by atoms with Crippen molar-refractivity contribution in [2.24, 2.45) is 0 Å². The number of nitrogens with zero attached hydrogens (tertiary/aromatic N) is 3. The van der Waals surface area contributed by atoms with E-state index in [4.69, 9.17) is 4.74 Å². The van der Waals surface area contributed by atoms with E-state index in [0.717, 1.165) is 24.2 Å². The summed E-state index contributed by atoms with van der Waals surface area (Å²) in [4.78, 5) is 16.5. The highest BCUT2D eigenvalue weighted by atomic mass is 16.5. The zero-order valence-corrected chi connectivity index (χ0v) is 15.6. The van der Waals surface area contributed by atoms with Gasteiger partial charge in [-0.3, -0.25) is 0 Å². The second-order valence-electron chi connectivity index (χ2n) is 7.55. The fourth-order valence-corrected chi connectivity index (χ4v) is 3.17. The third kappa shape index (κ3) is 4.32. The van der Waals surface area contributed by atoms with Gasteiger partial charge in [-0.25, -0.2) is 4.79 Å². The minimum atomic E-state index is -0.288. The fourth-order valence-electron chi connectivity index (χ4n) is 3.17. The van der Waals surface area contributed by atoms with E-state index in [-0.39, 0.29) is 11.6 Å². The normalized spacial score (nSPS) is 17.2. The second-order valence-corrected chi connectivity index (χ2v) is 7.55. The summed E-state index contributed by atoms with van der Waals surface area (Å²) in [7, 11) is 4.15. The van der Waals surface area contributed by atoms with Crippen LogP contribution in [0.25, 0.3) is 10.9 Å². The zero-order valence-electron chi connectivity index (χ0n) is 15.6. The van der Waals surface area contributed by atoms with Crippen LogP contribution in [0.15, 0.2) is 30.5 Å². The topological polar surface area (TPSA) is 49.7 Å². The average Bonchev–Trinajstić information content (AvgIpc) is 2.94. The molecule has 0 aliphatic carbocycles. The Kier molecular flexibility index (Phi) is 5.01. The molecule has 1 aliphatic heterocycles. The summed E-state index contributed by atoms with van der Waals surface area (Å²) in [6, 6.07) is 8.11. The van der Waals surface area contributed by atoms with Gasteiger partial charge in [-0.2, -0.15) is 0 Å². The molecule has 25 heavy (non-hydrogen) atoms. The summed E-state index contributed by atoms with van der Waals surface area (Å²) < 4.78 is 7.91. The molecule has 0 atom stereocenters. The van der Waals surface area contributed by atoms with Gasteiger partial charge >= 0.3 is 6.03 Å². The van der Waals surface area contributed by atoms with Gasteiger partial charge in [0.25, 0.3) is 0 Å². The van der Waals surface area contributed by atoms with E-state index < -0.39 is 0 Å². The second kappa shape index (κ2) is 7.06. The molecular weight excluding hydrogens is 316 g/mol. The van der Waals surface area contributed by atoms with E-state index in [2.05, 4.69) is 47.2 Å². The lowest BCUT2D eigenvalue weighted by Gasteiger charge is -2.38. The maximum Gasteiger partial charge on any atom is 0.322 e. The van der Waals surface area contributed by atoms with E-state index in [1.54, 1.807) is 0 Å². The lowest BCUT2D eigenvalue weighted by molar-refractivity contribution is -0.0720. The van der Waals surface area contributed by atoms with Crippen molar-refractivity contribution in [3.8, 4) is 0 Å². The first-order chi connectivity index (χ1) is 11.8. The molecule has 2 amide bonds. The van der Waals surface area contributed by atoms with Gasteiger partial charge < -0.3 is 24.4 Å². The first-order valence-corrected chi connectivity index (χ1v) is 8.78. The van der Waals surface area contributed by atoms with Crippen LogP contribution in [0.4, 0.5) is 10.5 Å². The number of carbonyl (C=O) groups is 1. The Morgan fingerprint density at radius 2 is 2.12 bits per heavy atom. The van der Waals surface area contributed by atoms with E-state index in [0.29, 0.717) is 19.7 Å². The largest absolute Gasteiger partial charge is 0.372 e. The number of benzene rings is 1. The molecule has 1 aromatic carbocycles. The lowest BCUT2D eigenvalue weighted by atomic mass is 10.1. The van der Waals surface area contributed by atoms with Crippen molar-refractivity contribution in [3.63, 3.8) is 0 Å². The summed E-state index contributed by atoms with van der Waals surface area (Å²) in [6.45, 7) is 7.76. The Labute approximate surface area is 149 Å². The molecule has 2 heterocycles. The predicted octanol–water partition coefficient (Wildman–Crippen LogP) is 2.85. The quantitative estimate of drug-likeness (QED) is 0.928. The van der Waals surface area contributed by atoms with Gasteiger partial charge in [-0.05, 0) is 52.2 Å². The van der Waals surface area contributed by atoms with E-state index in [1.165, 1.54) is 5.52 Å².